The molecule has 2 saturated heterocycles. The normalized spacial score (nSPS) is 31.2. The average molecular weight is 585 g/mol. The number of aliphatic hydroxyl groups excluding tert-OH is 1. The second-order valence-corrected chi connectivity index (χ2v) is 13.1. The van der Waals surface area contributed by atoms with Crippen molar-refractivity contribution in [3.05, 3.63) is 0 Å². The van der Waals surface area contributed by atoms with Crippen LogP contribution in [0.15, 0.2) is 0 Å². The van der Waals surface area contributed by atoms with Crippen molar-refractivity contribution in [1.82, 2.24) is 0 Å². The predicted molar refractivity (Wildman–Crippen MR) is 101 cm³/mol. The summed E-state index contributed by atoms with van der Waals surface area (Å²) in [5, 5.41) is 10.4. The van der Waals surface area contributed by atoms with Crippen LogP contribution in [0.1, 0.15) is 0 Å². The highest BCUT2D eigenvalue weighted by molar-refractivity contribution is 7.82. The summed E-state index contributed by atoms with van der Waals surface area (Å²) in [5.41, 5.74) is 0. The van der Waals surface area contributed by atoms with Crippen molar-refractivity contribution < 1.29 is 48.1 Å². The fourth-order valence-corrected chi connectivity index (χ4v) is 4.64. The smallest absolute Gasteiger partial charge is 0.387 e. The Morgan fingerprint density at radius 3 is 1.76 bits per heavy atom. The SMILES string of the molecule is O=S(=O)(OCC(Cl)(Cl)Cl)O[C@H]1[C@@H]2OC[C@@H](O2)[C@@H](OS(=O)(=O)OCC(Cl)(Cl)Cl)[C@@H]1O. The van der Waals surface area contributed by atoms with Crippen LogP contribution in [0, 0.1) is 0 Å². The molecule has 0 amide bonds. The van der Waals surface area contributed by atoms with Crippen LogP contribution in [0.25, 0.3) is 0 Å². The molecule has 172 valence electrons. The number of halogens is 6. The topological polar surface area (TPSA) is 144 Å². The molecule has 0 aliphatic carbocycles. The van der Waals surface area contributed by atoms with E-state index < -0.39 is 72.3 Å². The van der Waals surface area contributed by atoms with Crippen molar-refractivity contribution in [3.8, 4) is 0 Å². The number of hydrogen-bond acceptors (Lipinski definition) is 11. The van der Waals surface area contributed by atoms with Gasteiger partial charge in [-0.05, 0) is 0 Å². The van der Waals surface area contributed by atoms with Gasteiger partial charge in [0.1, 0.15) is 31.5 Å². The van der Waals surface area contributed by atoms with E-state index in [9.17, 15) is 21.9 Å². The van der Waals surface area contributed by atoms with Crippen LogP contribution < -0.4 is 0 Å². The minimum absolute atomic E-state index is 0.263. The van der Waals surface area contributed by atoms with E-state index in [2.05, 4.69) is 12.5 Å². The van der Waals surface area contributed by atoms with Crippen LogP contribution in [0.5, 0.6) is 0 Å². The lowest BCUT2D eigenvalue weighted by Gasteiger charge is -2.36. The molecule has 2 aliphatic heterocycles. The summed E-state index contributed by atoms with van der Waals surface area (Å²) in [6.07, 6.45) is -7.86. The van der Waals surface area contributed by atoms with Gasteiger partial charge in [0.15, 0.2) is 12.4 Å². The van der Waals surface area contributed by atoms with Gasteiger partial charge in [-0.2, -0.15) is 16.8 Å². The van der Waals surface area contributed by atoms with Crippen molar-refractivity contribution in [2.24, 2.45) is 0 Å². The minimum Gasteiger partial charge on any atom is -0.387 e. The van der Waals surface area contributed by atoms with Gasteiger partial charge in [0, 0.05) is 0 Å². The molecule has 2 rings (SSSR count). The maximum Gasteiger partial charge on any atom is 0.400 e. The van der Waals surface area contributed by atoms with Gasteiger partial charge in [0.05, 0.1) is 6.61 Å². The van der Waals surface area contributed by atoms with Crippen molar-refractivity contribution in [1.29, 1.82) is 0 Å². The first-order chi connectivity index (χ1) is 13.0. The fourth-order valence-electron chi connectivity index (χ4n) is 2.18. The molecule has 0 saturated carbocycles. The molecular formula is C10H12Cl6O11S2. The molecule has 11 nitrogen and oxygen atoms in total. The summed E-state index contributed by atoms with van der Waals surface area (Å²) in [6.45, 7) is -2.06. The molecule has 2 fully saturated rings. The molecular weight excluding hydrogens is 573 g/mol. The van der Waals surface area contributed by atoms with Gasteiger partial charge in [-0.25, -0.2) is 16.7 Å². The molecule has 0 aromatic carbocycles. The Morgan fingerprint density at radius 2 is 1.31 bits per heavy atom. The largest absolute Gasteiger partial charge is 0.400 e. The van der Waals surface area contributed by atoms with E-state index in [-0.39, 0.29) is 6.61 Å². The van der Waals surface area contributed by atoms with E-state index >= 15 is 0 Å². The van der Waals surface area contributed by atoms with Crippen LogP contribution in [-0.4, -0.2) is 80.1 Å². The molecule has 0 spiro atoms. The summed E-state index contributed by atoms with van der Waals surface area (Å²) in [4.78, 5) is 0. The Kier molecular flexibility index (Phi) is 8.89. The molecule has 0 aromatic rings. The third-order valence-electron chi connectivity index (χ3n) is 3.23. The van der Waals surface area contributed by atoms with E-state index in [1.54, 1.807) is 0 Å². The van der Waals surface area contributed by atoms with Crippen molar-refractivity contribution in [2.45, 2.75) is 38.3 Å². The molecule has 2 bridgehead atoms. The molecule has 2 aliphatic rings. The molecule has 19 heteroatoms. The number of ether oxygens (including phenoxy) is 2. The van der Waals surface area contributed by atoms with E-state index in [0.717, 1.165) is 0 Å². The zero-order valence-corrected chi connectivity index (χ0v) is 19.8. The van der Waals surface area contributed by atoms with Gasteiger partial charge in [-0.1, -0.05) is 69.6 Å². The monoisotopic (exact) mass is 582 g/mol. The highest BCUT2D eigenvalue weighted by Crippen LogP contribution is 2.35. The lowest BCUT2D eigenvalue weighted by molar-refractivity contribution is -0.216. The third kappa shape index (κ3) is 8.67. The van der Waals surface area contributed by atoms with Gasteiger partial charge < -0.3 is 14.6 Å². The fraction of sp³-hybridized carbons (Fsp3) is 1.00. The number of rotatable bonds is 8. The van der Waals surface area contributed by atoms with E-state index in [1.807, 2.05) is 0 Å². The average Bonchev–Trinajstić information content (AvgIpc) is 2.98. The molecule has 29 heavy (non-hydrogen) atoms. The second kappa shape index (κ2) is 9.69. The van der Waals surface area contributed by atoms with E-state index in [1.165, 1.54) is 0 Å². The maximum absolute atomic E-state index is 11.9. The van der Waals surface area contributed by atoms with Crippen LogP contribution in [0.3, 0.4) is 0 Å². The maximum atomic E-state index is 11.9. The van der Waals surface area contributed by atoms with Gasteiger partial charge in [0.2, 0.25) is 7.59 Å². The number of alkyl halides is 6. The third-order valence-corrected chi connectivity index (χ3v) is 5.62. The minimum atomic E-state index is -4.83. The first-order valence-electron chi connectivity index (χ1n) is 7.22. The van der Waals surface area contributed by atoms with Gasteiger partial charge in [-0.3, -0.25) is 0 Å². The van der Waals surface area contributed by atoms with Gasteiger partial charge >= 0.3 is 20.8 Å². The standard InChI is InChI=1S/C10H12Cl6O11S2/c11-9(12,13)2-23-28(18,19)26-6-4-1-22-8(25-4)7(5(6)17)27-29(20,21)24-3-10(14,15)16/h4-8,17H,1-3H2/t4-,5+,6-,7-,8-/m1/s1. The number of hydrogen-bond donors (Lipinski definition) is 1. The molecule has 1 N–H and O–H groups in total. The van der Waals surface area contributed by atoms with E-state index in [4.69, 9.17) is 83.3 Å². The van der Waals surface area contributed by atoms with Crippen LogP contribution >= 0.6 is 69.6 Å². The first kappa shape index (κ1) is 26.6. The van der Waals surface area contributed by atoms with Gasteiger partial charge in [0.25, 0.3) is 0 Å². The zero-order chi connectivity index (χ0) is 22.3. The van der Waals surface area contributed by atoms with Gasteiger partial charge in [-0.15, -0.1) is 0 Å². The molecule has 0 aromatic heterocycles. The summed E-state index contributed by atoms with van der Waals surface area (Å²) < 4.78 is 72.0. The number of aliphatic hydroxyl groups is 1. The Morgan fingerprint density at radius 1 is 0.862 bits per heavy atom. The Bertz CT molecular complexity index is 715. The summed E-state index contributed by atoms with van der Waals surface area (Å²) >= 11 is 32.3. The van der Waals surface area contributed by atoms with Crippen LogP contribution in [0.4, 0.5) is 0 Å². The molecule has 5 atom stereocenters. The van der Waals surface area contributed by atoms with Crippen molar-refractivity contribution in [3.63, 3.8) is 0 Å². The first-order valence-corrected chi connectivity index (χ1v) is 12.2. The second-order valence-electron chi connectivity index (χ2n) is 5.56. The number of fused-ring (bicyclic) bond motifs is 2. The van der Waals surface area contributed by atoms with Crippen molar-refractivity contribution >= 4 is 90.4 Å². The Balaban J connectivity index is 2.09. The highest BCUT2D eigenvalue weighted by atomic mass is 35.6. The summed E-state index contributed by atoms with van der Waals surface area (Å²) in [6, 6.07) is 0. The van der Waals surface area contributed by atoms with Crippen molar-refractivity contribution in [2.75, 3.05) is 19.8 Å². The summed E-state index contributed by atoms with van der Waals surface area (Å²) in [5.74, 6) is 0. The quantitative estimate of drug-likeness (QED) is 0.410. The lowest BCUT2D eigenvalue weighted by atomic mass is 10.0. The molecule has 0 unspecified atom stereocenters. The molecule has 0 radical (unpaired) electrons. The highest BCUT2D eigenvalue weighted by Gasteiger charge is 2.55. The Labute approximate surface area is 195 Å². The summed E-state index contributed by atoms with van der Waals surface area (Å²) in [7, 11) is -9.64. The van der Waals surface area contributed by atoms with Crippen LogP contribution in [-0.2, 0) is 47.0 Å². The Hall–Kier alpha value is 1.36. The zero-order valence-electron chi connectivity index (χ0n) is 13.6. The lowest BCUT2D eigenvalue weighted by Crippen LogP contribution is -2.57. The van der Waals surface area contributed by atoms with Crippen LogP contribution in [0.2, 0.25) is 0 Å². The predicted octanol–water partition coefficient (Wildman–Crippen LogP) is 1.14. The van der Waals surface area contributed by atoms with E-state index in [0.29, 0.717) is 0 Å². The molecule has 2 heterocycles.